The molecule has 0 spiro atoms. The average molecular weight is 425 g/mol. The predicted molar refractivity (Wildman–Crippen MR) is 104 cm³/mol. The molecule has 0 radical (unpaired) electrons. The number of rotatable bonds is 3. The number of nitrogens with one attached hydrogen (secondary N) is 2. The molecular formula is C18H25BrN4O3. The van der Waals surface area contributed by atoms with Gasteiger partial charge < -0.3 is 20.7 Å². The van der Waals surface area contributed by atoms with Crippen LogP contribution in [0.15, 0.2) is 22.7 Å². The van der Waals surface area contributed by atoms with Crippen molar-refractivity contribution >= 4 is 39.3 Å². The van der Waals surface area contributed by atoms with Crippen LogP contribution in [0, 0.1) is 5.41 Å². The lowest BCUT2D eigenvalue weighted by Gasteiger charge is -2.33. The molecular weight excluding hydrogens is 400 g/mol. The van der Waals surface area contributed by atoms with E-state index in [9.17, 15) is 9.59 Å². The van der Waals surface area contributed by atoms with Gasteiger partial charge in [-0.3, -0.25) is 10.2 Å². The third-order valence-electron chi connectivity index (χ3n) is 4.00. The summed E-state index contributed by atoms with van der Waals surface area (Å²) in [4.78, 5) is 26.1. The highest BCUT2D eigenvalue weighted by molar-refractivity contribution is 9.10. The molecule has 1 aliphatic heterocycles. The first-order valence-electron chi connectivity index (χ1n) is 8.49. The highest BCUT2D eigenvalue weighted by Gasteiger charge is 2.28. The SMILES string of the molecule is CC(C)(C)OC(=O)NC1CCN(C(=O)C(=N)c2cc(Br)ccc2N)CC1. The summed E-state index contributed by atoms with van der Waals surface area (Å²) in [6, 6.07) is 5.06. The lowest BCUT2D eigenvalue weighted by Crippen LogP contribution is -2.49. The third kappa shape index (κ3) is 5.45. The van der Waals surface area contributed by atoms with Crippen LogP contribution in [0.4, 0.5) is 10.5 Å². The number of nitrogens with two attached hydrogens (primary N) is 1. The molecule has 0 unspecified atom stereocenters. The number of piperidine rings is 1. The highest BCUT2D eigenvalue weighted by atomic mass is 79.9. The molecule has 8 heteroatoms. The number of carbonyl (C=O) groups excluding carboxylic acids is 2. The van der Waals surface area contributed by atoms with Gasteiger partial charge >= 0.3 is 6.09 Å². The summed E-state index contributed by atoms with van der Waals surface area (Å²) in [5.74, 6) is -0.356. The van der Waals surface area contributed by atoms with Crippen LogP contribution in [0.25, 0.3) is 0 Å². The molecule has 2 rings (SSSR count). The van der Waals surface area contributed by atoms with Crippen LogP contribution in [-0.4, -0.2) is 47.3 Å². The quantitative estimate of drug-likeness (QED) is 0.511. The van der Waals surface area contributed by atoms with Gasteiger partial charge in [-0.1, -0.05) is 15.9 Å². The van der Waals surface area contributed by atoms with E-state index in [0.717, 1.165) is 4.47 Å². The van der Waals surface area contributed by atoms with Crippen molar-refractivity contribution in [1.29, 1.82) is 5.41 Å². The summed E-state index contributed by atoms with van der Waals surface area (Å²) in [5, 5.41) is 11.0. The van der Waals surface area contributed by atoms with Crippen LogP contribution in [-0.2, 0) is 9.53 Å². The van der Waals surface area contributed by atoms with E-state index in [4.69, 9.17) is 15.9 Å². The Hall–Kier alpha value is -2.09. The fourth-order valence-electron chi connectivity index (χ4n) is 2.72. The summed E-state index contributed by atoms with van der Waals surface area (Å²) in [7, 11) is 0. The largest absolute Gasteiger partial charge is 0.444 e. The second-order valence-corrected chi connectivity index (χ2v) is 8.23. The smallest absolute Gasteiger partial charge is 0.407 e. The molecule has 4 N–H and O–H groups in total. The zero-order valence-electron chi connectivity index (χ0n) is 15.3. The second-order valence-electron chi connectivity index (χ2n) is 7.32. The first-order chi connectivity index (χ1) is 12.1. The Morgan fingerprint density at radius 1 is 1.31 bits per heavy atom. The van der Waals surface area contributed by atoms with Gasteiger partial charge in [0, 0.05) is 34.9 Å². The average Bonchev–Trinajstić information content (AvgIpc) is 2.54. The first kappa shape index (κ1) is 20.2. The first-order valence-corrected chi connectivity index (χ1v) is 9.29. The van der Waals surface area contributed by atoms with Crippen molar-refractivity contribution in [2.75, 3.05) is 18.8 Å². The molecule has 2 amide bonds. The summed E-state index contributed by atoms with van der Waals surface area (Å²) in [6.45, 7) is 6.37. The van der Waals surface area contributed by atoms with Crippen molar-refractivity contribution in [2.45, 2.75) is 45.3 Å². The maximum atomic E-state index is 12.6. The van der Waals surface area contributed by atoms with E-state index in [1.807, 2.05) is 20.8 Å². The van der Waals surface area contributed by atoms with Gasteiger partial charge in [-0.25, -0.2) is 4.79 Å². The number of likely N-dealkylation sites (tertiary alicyclic amines) is 1. The number of hydrogen-bond donors (Lipinski definition) is 3. The number of benzene rings is 1. The van der Waals surface area contributed by atoms with Crippen LogP contribution in [0.1, 0.15) is 39.2 Å². The molecule has 1 aliphatic rings. The minimum absolute atomic E-state index is 0.0426. The Balaban J connectivity index is 1.91. The maximum Gasteiger partial charge on any atom is 0.407 e. The molecule has 1 aromatic rings. The van der Waals surface area contributed by atoms with Gasteiger partial charge in [0.25, 0.3) is 5.91 Å². The van der Waals surface area contributed by atoms with Gasteiger partial charge in [0.2, 0.25) is 0 Å². The Morgan fingerprint density at radius 3 is 2.50 bits per heavy atom. The van der Waals surface area contributed by atoms with Crippen LogP contribution in [0.2, 0.25) is 0 Å². The fraction of sp³-hybridized carbons (Fsp3) is 0.500. The number of carbonyl (C=O) groups is 2. The van der Waals surface area contributed by atoms with Gasteiger partial charge in [-0.15, -0.1) is 0 Å². The minimum Gasteiger partial charge on any atom is -0.444 e. The predicted octanol–water partition coefficient (Wildman–Crippen LogP) is 2.91. The van der Waals surface area contributed by atoms with Crippen molar-refractivity contribution < 1.29 is 14.3 Å². The molecule has 0 aromatic heterocycles. The number of nitrogen functional groups attached to an aromatic ring is 1. The summed E-state index contributed by atoms with van der Waals surface area (Å²) >= 11 is 3.33. The molecule has 142 valence electrons. The standard InChI is InChI=1S/C18H25BrN4O3/c1-18(2,3)26-17(25)22-12-6-8-23(9-7-12)16(24)15(21)13-10-11(19)4-5-14(13)20/h4-5,10,12,21H,6-9,20H2,1-3H3,(H,22,25). The molecule has 0 atom stereocenters. The number of ether oxygens (including phenoxy) is 1. The molecule has 7 nitrogen and oxygen atoms in total. The van der Waals surface area contributed by atoms with E-state index in [2.05, 4.69) is 21.2 Å². The number of alkyl carbamates (subject to hydrolysis) is 1. The van der Waals surface area contributed by atoms with E-state index >= 15 is 0 Å². The topological polar surface area (TPSA) is 109 Å². The zero-order chi connectivity index (χ0) is 19.5. The molecule has 1 heterocycles. The van der Waals surface area contributed by atoms with E-state index in [1.165, 1.54) is 0 Å². The van der Waals surface area contributed by atoms with Gasteiger partial charge in [0.05, 0.1) is 0 Å². The van der Waals surface area contributed by atoms with Gasteiger partial charge in [0.1, 0.15) is 11.3 Å². The number of anilines is 1. The lowest BCUT2D eigenvalue weighted by atomic mass is 10.0. The van der Waals surface area contributed by atoms with Gasteiger partial charge in [-0.05, 0) is 51.8 Å². The van der Waals surface area contributed by atoms with Crippen molar-refractivity contribution in [2.24, 2.45) is 0 Å². The maximum absolute atomic E-state index is 12.6. The van der Waals surface area contributed by atoms with E-state index in [-0.39, 0.29) is 17.7 Å². The minimum atomic E-state index is -0.542. The lowest BCUT2D eigenvalue weighted by molar-refractivity contribution is -0.125. The molecule has 1 saturated heterocycles. The van der Waals surface area contributed by atoms with Gasteiger partial charge in [0.15, 0.2) is 0 Å². The molecule has 0 saturated carbocycles. The van der Waals surface area contributed by atoms with Crippen LogP contribution >= 0.6 is 15.9 Å². The van der Waals surface area contributed by atoms with Crippen LogP contribution in [0.3, 0.4) is 0 Å². The normalized spacial score (nSPS) is 15.5. The molecule has 1 fully saturated rings. The Morgan fingerprint density at radius 2 is 1.92 bits per heavy atom. The highest BCUT2D eigenvalue weighted by Crippen LogP contribution is 2.21. The van der Waals surface area contributed by atoms with Gasteiger partial charge in [-0.2, -0.15) is 0 Å². The number of hydrogen-bond acceptors (Lipinski definition) is 5. The Bertz CT molecular complexity index is 707. The molecule has 0 bridgehead atoms. The number of halogens is 1. The van der Waals surface area contributed by atoms with E-state index in [1.54, 1.807) is 23.1 Å². The van der Waals surface area contributed by atoms with E-state index in [0.29, 0.717) is 37.2 Å². The van der Waals surface area contributed by atoms with Crippen molar-refractivity contribution in [3.63, 3.8) is 0 Å². The molecule has 0 aliphatic carbocycles. The number of amides is 2. The summed E-state index contributed by atoms with van der Waals surface area (Å²) < 4.78 is 6.02. The fourth-order valence-corrected chi connectivity index (χ4v) is 3.08. The Kier molecular flexibility index (Phi) is 6.28. The van der Waals surface area contributed by atoms with Crippen molar-refractivity contribution in [3.8, 4) is 0 Å². The third-order valence-corrected chi connectivity index (χ3v) is 4.49. The van der Waals surface area contributed by atoms with Crippen molar-refractivity contribution in [3.05, 3.63) is 28.2 Å². The van der Waals surface area contributed by atoms with Crippen LogP contribution in [0.5, 0.6) is 0 Å². The molecule has 1 aromatic carbocycles. The van der Waals surface area contributed by atoms with Crippen molar-refractivity contribution in [1.82, 2.24) is 10.2 Å². The monoisotopic (exact) mass is 424 g/mol. The summed E-state index contributed by atoms with van der Waals surface area (Å²) in [6.07, 6.45) is 0.787. The second kappa shape index (κ2) is 8.07. The van der Waals surface area contributed by atoms with Crippen LogP contribution < -0.4 is 11.1 Å². The summed E-state index contributed by atoms with van der Waals surface area (Å²) in [5.41, 5.74) is 6.04. The Labute approximate surface area is 161 Å². The number of nitrogens with zero attached hydrogens (tertiary/aromatic N) is 1. The zero-order valence-corrected chi connectivity index (χ0v) is 16.9. The molecule has 26 heavy (non-hydrogen) atoms. The van der Waals surface area contributed by atoms with E-state index < -0.39 is 11.7 Å².